The van der Waals surface area contributed by atoms with Gasteiger partial charge < -0.3 is 9.47 Å². The van der Waals surface area contributed by atoms with Gasteiger partial charge in [0.15, 0.2) is 0 Å². The molecule has 1 saturated carbocycles. The standard InChI is InChI=1S/C13H18O2/c1-9(2)13-11(14-3)5-4-6-12(13)15-10-7-8-10/h4-6,9-10H,7-8H2,1-3H3. The molecule has 1 aromatic rings. The van der Waals surface area contributed by atoms with Gasteiger partial charge in [-0.25, -0.2) is 0 Å². The van der Waals surface area contributed by atoms with E-state index in [9.17, 15) is 0 Å². The Balaban J connectivity index is 2.32. The van der Waals surface area contributed by atoms with Crippen molar-refractivity contribution in [1.82, 2.24) is 0 Å². The maximum absolute atomic E-state index is 5.88. The molecule has 0 spiro atoms. The van der Waals surface area contributed by atoms with E-state index >= 15 is 0 Å². The van der Waals surface area contributed by atoms with Crippen molar-refractivity contribution in [3.8, 4) is 11.5 Å². The highest BCUT2D eigenvalue weighted by Gasteiger charge is 2.25. The molecule has 2 nitrogen and oxygen atoms in total. The fraction of sp³-hybridized carbons (Fsp3) is 0.538. The maximum Gasteiger partial charge on any atom is 0.126 e. The molecule has 0 heterocycles. The maximum atomic E-state index is 5.88. The molecule has 1 aliphatic carbocycles. The molecule has 0 N–H and O–H groups in total. The summed E-state index contributed by atoms with van der Waals surface area (Å²) in [5.74, 6) is 2.35. The van der Waals surface area contributed by atoms with Gasteiger partial charge in [0, 0.05) is 5.56 Å². The van der Waals surface area contributed by atoms with E-state index in [1.165, 1.54) is 18.4 Å². The van der Waals surface area contributed by atoms with E-state index < -0.39 is 0 Å². The first-order valence-corrected chi connectivity index (χ1v) is 5.56. The Kier molecular flexibility index (Phi) is 2.85. The van der Waals surface area contributed by atoms with Crippen LogP contribution < -0.4 is 9.47 Å². The zero-order valence-electron chi connectivity index (χ0n) is 9.62. The predicted molar refractivity (Wildman–Crippen MR) is 60.7 cm³/mol. The minimum Gasteiger partial charge on any atom is -0.496 e. The van der Waals surface area contributed by atoms with Crippen molar-refractivity contribution in [3.05, 3.63) is 23.8 Å². The Labute approximate surface area is 91.2 Å². The monoisotopic (exact) mass is 206 g/mol. The predicted octanol–water partition coefficient (Wildman–Crippen LogP) is 3.36. The van der Waals surface area contributed by atoms with Gasteiger partial charge in [-0.3, -0.25) is 0 Å². The molecule has 0 aliphatic heterocycles. The number of methoxy groups -OCH3 is 1. The topological polar surface area (TPSA) is 18.5 Å². The highest BCUT2D eigenvalue weighted by Crippen LogP contribution is 2.37. The van der Waals surface area contributed by atoms with Crippen LogP contribution in [0.5, 0.6) is 11.5 Å². The second kappa shape index (κ2) is 4.13. The number of benzene rings is 1. The van der Waals surface area contributed by atoms with Gasteiger partial charge in [-0.15, -0.1) is 0 Å². The molecular formula is C13H18O2. The van der Waals surface area contributed by atoms with Crippen molar-refractivity contribution in [2.75, 3.05) is 7.11 Å². The Hall–Kier alpha value is -1.18. The first-order valence-electron chi connectivity index (χ1n) is 5.56. The molecular weight excluding hydrogens is 188 g/mol. The Morgan fingerprint density at radius 2 is 1.87 bits per heavy atom. The van der Waals surface area contributed by atoms with E-state index in [-0.39, 0.29) is 0 Å². The zero-order valence-corrected chi connectivity index (χ0v) is 9.62. The summed E-state index contributed by atoms with van der Waals surface area (Å²) in [5, 5.41) is 0. The van der Waals surface area contributed by atoms with Gasteiger partial charge in [0.1, 0.15) is 11.5 Å². The lowest BCUT2D eigenvalue weighted by molar-refractivity contribution is 0.295. The minimum absolute atomic E-state index is 0.426. The molecule has 0 amide bonds. The van der Waals surface area contributed by atoms with Gasteiger partial charge in [-0.1, -0.05) is 19.9 Å². The number of ether oxygens (including phenoxy) is 2. The van der Waals surface area contributed by atoms with Crippen molar-refractivity contribution in [2.45, 2.75) is 38.7 Å². The summed E-state index contributed by atoms with van der Waals surface area (Å²) >= 11 is 0. The van der Waals surface area contributed by atoms with Crippen LogP contribution in [0.2, 0.25) is 0 Å². The van der Waals surface area contributed by atoms with Crippen LogP contribution in [0.4, 0.5) is 0 Å². The minimum atomic E-state index is 0.426. The quantitative estimate of drug-likeness (QED) is 0.752. The van der Waals surface area contributed by atoms with E-state index in [0.717, 1.165) is 11.5 Å². The molecule has 0 saturated heterocycles. The summed E-state index contributed by atoms with van der Waals surface area (Å²) in [7, 11) is 1.71. The van der Waals surface area contributed by atoms with Crippen LogP contribution in [0.25, 0.3) is 0 Å². The van der Waals surface area contributed by atoms with Crippen LogP contribution in [0.1, 0.15) is 38.2 Å². The Morgan fingerprint density at radius 1 is 1.20 bits per heavy atom. The van der Waals surface area contributed by atoms with Crippen LogP contribution in [0, 0.1) is 0 Å². The molecule has 0 atom stereocenters. The Morgan fingerprint density at radius 3 is 2.40 bits per heavy atom. The number of hydrogen-bond donors (Lipinski definition) is 0. The fourth-order valence-corrected chi connectivity index (χ4v) is 1.74. The van der Waals surface area contributed by atoms with Gasteiger partial charge in [0.2, 0.25) is 0 Å². The van der Waals surface area contributed by atoms with Crippen molar-refractivity contribution in [3.63, 3.8) is 0 Å². The van der Waals surface area contributed by atoms with Crippen molar-refractivity contribution >= 4 is 0 Å². The van der Waals surface area contributed by atoms with Crippen LogP contribution in [-0.4, -0.2) is 13.2 Å². The molecule has 15 heavy (non-hydrogen) atoms. The molecule has 2 heteroatoms. The van der Waals surface area contributed by atoms with E-state index in [2.05, 4.69) is 13.8 Å². The van der Waals surface area contributed by atoms with Crippen LogP contribution in [-0.2, 0) is 0 Å². The summed E-state index contributed by atoms with van der Waals surface area (Å²) in [4.78, 5) is 0. The second-order valence-electron chi connectivity index (χ2n) is 4.34. The fourth-order valence-electron chi connectivity index (χ4n) is 1.74. The lowest BCUT2D eigenvalue weighted by Gasteiger charge is -2.16. The lowest BCUT2D eigenvalue weighted by Crippen LogP contribution is -2.02. The molecule has 1 aliphatic rings. The van der Waals surface area contributed by atoms with Gasteiger partial charge >= 0.3 is 0 Å². The SMILES string of the molecule is COc1cccc(OC2CC2)c1C(C)C. The van der Waals surface area contributed by atoms with Crippen LogP contribution >= 0.6 is 0 Å². The Bertz CT molecular complexity index is 340. The second-order valence-corrected chi connectivity index (χ2v) is 4.34. The highest BCUT2D eigenvalue weighted by molar-refractivity contribution is 5.47. The molecule has 2 rings (SSSR count). The average Bonchev–Trinajstić information content (AvgIpc) is 3.01. The van der Waals surface area contributed by atoms with Crippen molar-refractivity contribution in [1.29, 1.82) is 0 Å². The van der Waals surface area contributed by atoms with E-state index in [0.29, 0.717) is 12.0 Å². The summed E-state index contributed by atoms with van der Waals surface area (Å²) in [6.45, 7) is 4.33. The molecule has 82 valence electrons. The summed E-state index contributed by atoms with van der Waals surface area (Å²) in [6.07, 6.45) is 2.82. The van der Waals surface area contributed by atoms with Gasteiger partial charge in [0.05, 0.1) is 13.2 Å². The first kappa shape index (κ1) is 10.3. The third-order valence-corrected chi connectivity index (χ3v) is 2.64. The third-order valence-electron chi connectivity index (χ3n) is 2.64. The molecule has 0 radical (unpaired) electrons. The lowest BCUT2D eigenvalue weighted by atomic mass is 10.0. The molecule has 0 aromatic heterocycles. The average molecular weight is 206 g/mol. The molecule has 1 fully saturated rings. The van der Waals surface area contributed by atoms with Crippen molar-refractivity contribution in [2.24, 2.45) is 0 Å². The van der Waals surface area contributed by atoms with Gasteiger partial charge in [-0.05, 0) is 30.9 Å². The first-order chi connectivity index (χ1) is 7.22. The molecule has 0 unspecified atom stereocenters. The van der Waals surface area contributed by atoms with Gasteiger partial charge in [-0.2, -0.15) is 0 Å². The summed E-state index contributed by atoms with van der Waals surface area (Å²) < 4.78 is 11.2. The van der Waals surface area contributed by atoms with E-state index in [4.69, 9.17) is 9.47 Å². The van der Waals surface area contributed by atoms with E-state index in [1.807, 2.05) is 18.2 Å². The normalized spacial score (nSPS) is 15.5. The highest BCUT2D eigenvalue weighted by atomic mass is 16.5. The van der Waals surface area contributed by atoms with Gasteiger partial charge in [0.25, 0.3) is 0 Å². The van der Waals surface area contributed by atoms with Crippen LogP contribution in [0.15, 0.2) is 18.2 Å². The molecule has 0 bridgehead atoms. The number of hydrogen-bond acceptors (Lipinski definition) is 2. The van der Waals surface area contributed by atoms with E-state index in [1.54, 1.807) is 7.11 Å². The van der Waals surface area contributed by atoms with Crippen molar-refractivity contribution < 1.29 is 9.47 Å². The molecule has 1 aromatic carbocycles. The largest absolute Gasteiger partial charge is 0.496 e. The number of rotatable bonds is 4. The van der Waals surface area contributed by atoms with Crippen LogP contribution in [0.3, 0.4) is 0 Å². The smallest absolute Gasteiger partial charge is 0.126 e. The summed E-state index contributed by atoms with van der Waals surface area (Å²) in [5.41, 5.74) is 1.19. The zero-order chi connectivity index (χ0) is 10.8. The third kappa shape index (κ3) is 2.25. The summed E-state index contributed by atoms with van der Waals surface area (Å²) in [6, 6.07) is 6.02.